The van der Waals surface area contributed by atoms with Gasteiger partial charge in [0.2, 0.25) is 5.90 Å². The normalized spacial score (nSPS) is 14.6. The molecule has 0 radical (unpaired) electrons. The highest BCUT2D eigenvalue weighted by Crippen LogP contribution is 2.35. The van der Waals surface area contributed by atoms with E-state index in [-0.39, 0.29) is 18.2 Å². The van der Waals surface area contributed by atoms with Crippen LogP contribution in [0, 0.1) is 5.82 Å². The second-order valence-corrected chi connectivity index (χ2v) is 7.23. The van der Waals surface area contributed by atoms with E-state index in [1.807, 2.05) is 0 Å². The predicted molar refractivity (Wildman–Crippen MR) is 106 cm³/mol. The van der Waals surface area contributed by atoms with Gasteiger partial charge in [-0.15, -0.1) is 0 Å². The number of rotatable bonds is 5. The van der Waals surface area contributed by atoms with Crippen LogP contribution in [0.3, 0.4) is 0 Å². The molecule has 0 unspecified atom stereocenters. The van der Waals surface area contributed by atoms with Gasteiger partial charge in [0.1, 0.15) is 11.6 Å². The van der Waals surface area contributed by atoms with E-state index in [1.165, 1.54) is 31.4 Å². The molecule has 0 aromatic heterocycles. The third-order valence-corrected chi connectivity index (χ3v) is 4.78. The highest BCUT2D eigenvalue weighted by molar-refractivity contribution is 9.11. The topological polar surface area (TPSA) is 74.2 Å². The predicted octanol–water partition coefficient (Wildman–Crippen LogP) is 4.25. The van der Waals surface area contributed by atoms with Crippen LogP contribution >= 0.6 is 31.9 Å². The number of methoxy groups -OCH3 is 1. The van der Waals surface area contributed by atoms with E-state index < -0.39 is 17.8 Å². The van der Waals surface area contributed by atoms with Gasteiger partial charge in [-0.3, -0.25) is 0 Å². The zero-order chi connectivity index (χ0) is 20.3. The van der Waals surface area contributed by atoms with Crippen molar-refractivity contribution in [3.63, 3.8) is 0 Å². The molecule has 0 amide bonds. The van der Waals surface area contributed by atoms with E-state index in [9.17, 15) is 14.0 Å². The van der Waals surface area contributed by atoms with Crippen LogP contribution in [0.15, 0.2) is 56.0 Å². The van der Waals surface area contributed by atoms with Crippen molar-refractivity contribution in [1.29, 1.82) is 0 Å². The summed E-state index contributed by atoms with van der Waals surface area (Å²) in [6, 6.07) is 8.87. The number of carbonyl (C=O) groups is 2. The first kappa shape index (κ1) is 20.2. The molecule has 1 aliphatic rings. The quantitative estimate of drug-likeness (QED) is 0.442. The number of aliphatic imine (C=N–C) groups is 1. The Morgan fingerprint density at radius 3 is 2.46 bits per heavy atom. The fourth-order valence-electron chi connectivity index (χ4n) is 2.27. The number of hydrogen-bond acceptors (Lipinski definition) is 6. The second-order valence-electron chi connectivity index (χ2n) is 5.52. The van der Waals surface area contributed by atoms with Crippen LogP contribution in [0.5, 0.6) is 5.75 Å². The molecular formula is C19H12Br2FNO5. The lowest BCUT2D eigenvalue weighted by Crippen LogP contribution is -2.13. The standard InChI is InChI=1S/C19H12Br2FNO5/c1-26-16(24)9-27-17-13(20)6-10(7-14(17)21)8-15-19(25)28-18(23-15)11-2-4-12(22)5-3-11/h2-8H,9H2,1H3/b15-8-. The molecule has 0 bridgehead atoms. The number of carbonyl (C=O) groups excluding carboxylic acids is 2. The molecular weight excluding hydrogens is 501 g/mol. The number of ether oxygens (including phenoxy) is 3. The average molecular weight is 513 g/mol. The molecule has 0 fully saturated rings. The first-order valence-corrected chi connectivity index (χ1v) is 9.43. The SMILES string of the molecule is COC(=O)COc1c(Br)cc(/C=C2\N=C(c3ccc(F)cc3)OC2=O)cc1Br. The summed E-state index contributed by atoms with van der Waals surface area (Å²) in [6.07, 6.45) is 1.54. The van der Waals surface area contributed by atoms with Crippen LogP contribution in [0.2, 0.25) is 0 Å². The minimum absolute atomic E-state index is 0.0985. The van der Waals surface area contributed by atoms with Crippen molar-refractivity contribution in [2.75, 3.05) is 13.7 Å². The third-order valence-electron chi connectivity index (χ3n) is 3.60. The highest BCUT2D eigenvalue weighted by Gasteiger charge is 2.24. The molecule has 6 nitrogen and oxygen atoms in total. The Morgan fingerprint density at radius 2 is 1.86 bits per heavy atom. The first-order chi connectivity index (χ1) is 13.4. The van der Waals surface area contributed by atoms with Crippen molar-refractivity contribution in [3.8, 4) is 5.75 Å². The van der Waals surface area contributed by atoms with E-state index in [1.54, 1.807) is 18.2 Å². The number of cyclic esters (lactones) is 1. The van der Waals surface area contributed by atoms with Crippen LogP contribution in [0.4, 0.5) is 4.39 Å². The second kappa shape index (κ2) is 8.66. The zero-order valence-corrected chi connectivity index (χ0v) is 17.5. The summed E-state index contributed by atoms with van der Waals surface area (Å²) in [5.41, 5.74) is 1.23. The van der Waals surface area contributed by atoms with Gasteiger partial charge in [-0.1, -0.05) is 0 Å². The van der Waals surface area contributed by atoms with Crippen LogP contribution in [0.25, 0.3) is 6.08 Å². The smallest absolute Gasteiger partial charge is 0.363 e. The summed E-state index contributed by atoms with van der Waals surface area (Å²) in [5, 5.41) is 0. The monoisotopic (exact) mass is 511 g/mol. The lowest BCUT2D eigenvalue weighted by atomic mass is 10.2. The molecule has 1 heterocycles. The van der Waals surface area contributed by atoms with E-state index in [4.69, 9.17) is 9.47 Å². The number of hydrogen-bond donors (Lipinski definition) is 0. The molecule has 3 rings (SSSR count). The summed E-state index contributed by atoms with van der Waals surface area (Å²) in [6.45, 7) is -0.244. The van der Waals surface area contributed by atoms with Gasteiger partial charge in [-0.2, -0.15) is 0 Å². The van der Waals surface area contributed by atoms with Crippen molar-refractivity contribution in [3.05, 3.63) is 68.0 Å². The molecule has 0 spiro atoms. The molecule has 1 aliphatic heterocycles. The van der Waals surface area contributed by atoms with Crippen molar-refractivity contribution in [2.45, 2.75) is 0 Å². The van der Waals surface area contributed by atoms with Crippen LogP contribution in [-0.4, -0.2) is 31.6 Å². The molecule has 9 heteroatoms. The Kier molecular flexibility index (Phi) is 6.25. The highest BCUT2D eigenvalue weighted by atomic mass is 79.9. The molecule has 0 atom stereocenters. The van der Waals surface area contributed by atoms with E-state index >= 15 is 0 Å². The summed E-state index contributed by atoms with van der Waals surface area (Å²) in [7, 11) is 1.27. The van der Waals surface area contributed by atoms with Crippen molar-refractivity contribution in [2.24, 2.45) is 4.99 Å². The number of halogens is 3. The van der Waals surface area contributed by atoms with Crippen LogP contribution in [0.1, 0.15) is 11.1 Å². The Morgan fingerprint density at radius 1 is 1.21 bits per heavy atom. The number of benzene rings is 2. The van der Waals surface area contributed by atoms with Gasteiger partial charge in [0, 0.05) is 5.56 Å². The maximum atomic E-state index is 13.0. The summed E-state index contributed by atoms with van der Waals surface area (Å²) in [4.78, 5) is 27.5. The van der Waals surface area contributed by atoms with Gasteiger partial charge in [0.25, 0.3) is 0 Å². The lowest BCUT2D eigenvalue weighted by molar-refractivity contribution is -0.143. The van der Waals surface area contributed by atoms with Gasteiger partial charge in [0.05, 0.1) is 16.1 Å². The molecule has 2 aromatic carbocycles. The van der Waals surface area contributed by atoms with E-state index in [0.29, 0.717) is 25.8 Å². The number of nitrogens with zero attached hydrogens (tertiary/aromatic N) is 1. The Labute approximate surface area is 176 Å². The summed E-state index contributed by atoms with van der Waals surface area (Å²) in [5.74, 6) is -1.00. The molecule has 144 valence electrons. The summed E-state index contributed by atoms with van der Waals surface area (Å²) >= 11 is 6.73. The molecule has 2 aromatic rings. The van der Waals surface area contributed by atoms with Crippen LogP contribution in [-0.2, 0) is 19.1 Å². The first-order valence-electron chi connectivity index (χ1n) is 7.84. The van der Waals surface area contributed by atoms with Gasteiger partial charge in [0.15, 0.2) is 12.3 Å². The Balaban J connectivity index is 1.85. The van der Waals surface area contributed by atoms with Gasteiger partial charge < -0.3 is 14.2 Å². The maximum Gasteiger partial charge on any atom is 0.363 e. The van der Waals surface area contributed by atoms with Gasteiger partial charge in [-0.05, 0) is 79.9 Å². The average Bonchev–Trinajstić information content (AvgIpc) is 3.01. The molecule has 0 saturated heterocycles. The Hall–Kier alpha value is -2.52. The maximum absolute atomic E-state index is 13.0. The summed E-state index contributed by atoms with van der Waals surface area (Å²) < 4.78 is 29.3. The fraction of sp³-hybridized carbons (Fsp3) is 0.105. The van der Waals surface area contributed by atoms with Crippen molar-refractivity contribution < 1.29 is 28.2 Å². The van der Waals surface area contributed by atoms with Crippen molar-refractivity contribution in [1.82, 2.24) is 0 Å². The van der Waals surface area contributed by atoms with Gasteiger partial charge in [-0.25, -0.2) is 19.0 Å². The van der Waals surface area contributed by atoms with E-state index in [2.05, 4.69) is 41.6 Å². The number of esters is 2. The van der Waals surface area contributed by atoms with Crippen LogP contribution < -0.4 is 4.74 Å². The minimum Gasteiger partial charge on any atom is -0.480 e. The fourth-order valence-corrected chi connectivity index (χ4v) is 3.72. The molecule has 0 saturated carbocycles. The minimum atomic E-state index is -0.613. The third kappa shape index (κ3) is 4.66. The molecule has 0 N–H and O–H groups in total. The molecule has 28 heavy (non-hydrogen) atoms. The lowest BCUT2D eigenvalue weighted by Gasteiger charge is -2.10. The Bertz CT molecular complexity index is 979. The van der Waals surface area contributed by atoms with Gasteiger partial charge >= 0.3 is 11.9 Å². The largest absolute Gasteiger partial charge is 0.480 e. The molecule has 0 aliphatic carbocycles. The van der Waals surface area contributed by atoms with E-state index in [0.717, 1.165) is 0 Å². The van der Waals surface area contributed by atoms with Crippen molar-refractivity contribution >= 4 is 55.8 Å². The zero-order valence-electron chi connectivity index (χ0n) is 14.4.